The Hall–Kier alpha value is -0.330. The van der Waals surface area contributed by atoms with Gasteiger partial charge in [-0.15, -0.1) is 0 Å². The second-order valence-electron chi connectivity index (χ2n) is 5.18. The maximum absolute atomic E-state index is 12.7. The van der Waals surface area contributed by atoms with Crippen molar-refractivity contribution in [2.75, 3.05) is 19.6 Å². The van der Waals surface area contributed by atoms with Crippen molar-refractivity contribution in [1.29, 1.82) is 0 Å². The molecule has 0 aromatic heterocycles. The molecule has 4 nitrogen and oxygen atoms in total. The molecule has 1 aliphatic heterocycles. The highest BCUT2D eigenvalue weighted by Crippen LogP contribution is 2.33. The summed E-state index contributed by atoms with van der Waals surface area (Å²) in [5, 5.41) is 0.325. The number of hydrogen-bond donors (Lipinski definition) is 1. The maximum atomic E-state index is 12.7. The van der Waals surface area contributed by atoms with Gasteiger partial charge in [0.25, 0.3) is 0 Å². The molecule has 0 bridgehead atoms. The minimum Gasteiger partial charge on any atom is -0.330 e. The number of halogens is 2. The molecule has 0 amide bonds. The number of nitrogens with two attached hydrogens (primary N) is 1. The van der Waals surface area contributed by atoms with E-state index in [0.29, 0.717) is 25.6 Å². The number of benzene rings is 1. The number of rotatable bonds is 3. The van der Waals surface area contributed by atoms with Gasteiger partial charge in [-0.05, 0) is 36.9 Å². The predicted octanol–water partition coefficient (Wildman–Crippen LogP) is 2.60. The Morgan fingerprint density at radius 2 is 2.10 bits per heavy atom. The number of sulfonamides is 1. The van der Waals surface area contributed by atoms with E-state index in [1.165, 1.54) is 10.4 Å². The zero-order valence-electron chi connectivity index (χ0n) is 11.2. The summed E-state index contributed by atoms with van der Waals surface area (Å²) in [7, 11) is -3.62. The summed E-state index contributed by atoms with van der Waals surface area (Å²) >= 11 is 11.9. The van der Waals surface area contributed by atoms with Crippen LogP contribution in [-0.4, -0.2) is 32.4 Å². The topological polar surface area (TPSA) is 63.4 Å². The summed E-state index contributed by atoms with van der Waals surface area (Å²) in [6, 6.07) is 4.65. The third kappa shape index (κ3) is 2.97. The van der Waals surface area contributed by atoms with Crippen molar-refractivity contribution in [3.8, 4) is 0 Å². The number of nitrogens with zero attached hydrogens (tertiary/aromatic N) is 1. The maximum Gasteiger partial charge on any atom is 0.244 e. The zero-order valence-corrected chi connectivity index (χ0v) is 13.5. The fraction of sp³-hybridized carbons (Fsp3) is 0.538. The molecule has 1 heterocycles. The largest absolute Gasteiger partial charge is 0.330 e. The van der Waals surface area contributed by atoms with Crippen molar-refractivity contribution in [1.82, 2.24) is 4.31 Å². The summed E-state index contributed by atoms with van der Waals surface area (Å²) < 4.78 is 26.8. The van der Waals surface area contributed by atoms with Gasteiger partial charge in [-0.1, -0.05) is 36.2 Å². The van der Waals surface area contributed by atoms with E-state index in [-0.39, 0.29) is 20.9 Å². The first kappa shape index (κ1) is 16.0. The minimum atomic E-state index is -3.62. The fourth-order valence-corrected chi connectivity index (χ4v) is 4.71. The minimum absolute atomic E-state index is 0.0667. The van der Waals surface area contributed by atoms with E-state index in [9.17, 15) is 8.42 Å². The lowest BCUT2D eigenvalue weighted by atomic mass is 9.88. The smallest absolute Gasteiger partial charge is 0.244 e. The molecule has 0 saturated carbocycles. The van der Waals surface area contributed by atoms with E-state index >= 15 is 0 Å². The average molecular weight is 337 g/mol. The van der Waals surface area contributed by atoms with E-state index in [1.807, 2.05) is 0 Å². The number of piperidine rings is 1. The van der Waals surface area contributed by atoms with Crippen molar-refractivity contribution in [3.63, 3.8) is 0 Å². The molecule has 2 atom stereocenters. The quantitative estimate of drug-likeness (QED) is 0.922. The van der Waals surface area contributed by atoms with Gasteiger partial charge in [0.05, 0.1) is 10.0 Å². The Bertz CT molecular complexity index is 592. The van der Waals surface area contributed by atoms with E-state index in [0.717, 1.165) is 6.42 Å². The molecule has 2 N–H and O–H groups in total. The van der Waals surface area contributed by atoms with Gasteiger partial charge in [-0.25, -0.2) is 8.42 Å². The van der Waals surface area contributed by atoms with Crippen molar-refractivity contribution < 1.29 is 8.42 Å². The average Bonchev–Trinajstić information content (AvgIpc) is 2.42. The zero-order chi connectivity index (χ0) is 14.9. The van der Waals surface area contributed by atoms with Crippen LogP contribution in [0.1, 0.15) is 13.3 Å². The Kier molecular flexibility index (Phi) is 4.97. The van der Waals surface area contributed by atoms with Gasteiger partial charge in [0, 0.05) is 13.1 Å². The standard InChI is InChI=1S/C13H18Cl2N2O2S/c1-9-5-6-17(8-10(9)7-16)20(18,19)12-4-2-3-11(14)13(12)15/h2-4,9-10H,5-8,16H2,1H3. The van der Waals surface area contributed by atoms with Gasteiger partial charge < -0.3 is 5.73 Å². The monoisotopic (exact) mass is 336 g/mol. The molecule has 1 aromatic carbocycles. The van der Waals surface area contributed by atoms with E-state index < -0.39 is 10.0 Å². The molecular weight excluding hydrogens is 319 g/mol. The van der Waals surface area contributed by atoms with Crippen molar-refractivity contribution in [3.05, 3.63) is 28.2 Å². The van der Waals surface area contributed by atoms with Gasteiger partial charge in [-0.2, -0.15) is 4.31 Å². The third-order valence-electron chi connectivity index (χ3n) is 3.91. The molecule has 112 valence electrons. The van der Waals surface area contributed by atoms with E-state index in [2.05, 4.69) is 6.92 Å². The highest BCUT2D eigenvalue weighted by Gasteiger charge is 2.34. The molecule has 0 radical (unpaired) electrons. The van der Waals surface area contributed by atoms with Crippen LogP contribution in [-0.2, 0) is 10.0 Å². The first-order valence-electron chi connectivity index (χ1n) is 6.52. The number of hydrogen-bond acceptors (Lipinski definition) is 3. The van der Waals surface area contributed by atoms with E-state index in [1.54, 1.807) is 12.1 Å². The third-order valence-corrected chi connectivity index (χ3v) is 6.75. The molecule has 0 aliphatic carbocycles. The Morgan fingerprint density at radius 3 is 2.75 bits per heavy atom. The van der Waals surface area contributed by atoms with Crippen molar-refractivity contribution in [2.24, 2.45) is 17.6 Å². The normalized spacial score (nSPS) is 24.8. The summed E-state index contributed by atoms with van der Waals surface area (Å²) in [5.41, 5.74) is 5.72. The van der Waals surface area contributed by atoms with Crippen molar-refractivity contribution in [2.45, 2.75) is 18.2 Å². The second-order valence-corrected chi connectivity index (χ2v) is 7.87. The molecule has 1 fully saturated rings. The van der Waals surface area contributed by atoms with Crippen LogP contribution >= 0.6 is 23.2 Å². The van der Waals surface area contributed by atoms with Gasteiger partial charge in [-0.3, -0.25) is 0 Å². The van der Waals surface area contributed by atoms with Crippen LogP contribution in [0.4, 0.5) is 0 Å². The molecule has 1 aromatic rings. The van der Waals surface area contributed by atoms with Crippen LogP contribution in [0.5, 0.6) is 0 Å². The first-order valence-corrected chi connectivity index (χ1v) is 8.71. The molecule has 2 unspecified atom stereocenters. The highest BCUT2D eigenvalue weighted by molar-refractivity contribution is 7.89. The summed E-state index contributed by atoms with van der Waals surface area (Å²) in [4.78, 5) is 0.0667. The lowest BCUT2D eigenvalue weighted by Gasteiger charge is -2.35. The lowest BCUT2D eigenvalue weighted by molar-refractivity contribution is 0.203. The molecular formula is C13H18Cl2N2O2S. The second kappa shape index (κ2) is 6.20. The Balaban J connectivity index is 2.33. The van der Waals surface area contributed by atoms with Gasteiger partial charge in [0.15, 0.2) is 0 Å². The van der Waals surface area contributed by atoms with Gasteiger partial charge in [0.2, 0.25) is 10.0 Å². The summed E-state index contributed by atoms with van der Waals surface area (Å²) in [6.45, 7) is 3.51. The van der Waals surface area contributed by atoms with Crippen molar-refractivity contribution >= 4 is 33.2 Å². The van der Waals surface area contributed by atoms with Gasteiger partial charge in [0.1, 0.15) is 4.90 Å². The molecule has 2 rings (SSSR count). The first-order chi connectivity index (χ1) is 9.37. The fourth-order valence-electron chi connectivity index (χ4n) is 2.46. The van der Waals surface area contributed by atoms with E-state index in [4.69, 9.17) is 28.9 Å². The Labute approximate surface area is 129 Å². The lowest BCUT2D eigenvalue weighted by Crippen LogP contribution is -2.45. The van der Waals surface area contributed by atoms with Crippen LogP contribution in [0, 0.1) is 11.8 Å². The summed E-state index contributed by atoms with van der Waals surface area (Å²) in [5.74, 6) is 0.609. The van der Waals surface area contributed by atoms with Crippen LogP contribution in [0.15, 0.2) is 23.1 Å². The van der Waals surface area contributed by atoms with Gasteiger partial charge >= 0.3 is 0 Å². The van der Waals surface area contributed by atoms with Crippen LogP contribution < -0.4 is 5.73 Å². The van der Waals surface area contributed by atoms with Crippen LogP contribution in [0.3, 0.4) is 0 Å². The molecule has 7 heteroatoms. The van der Waals surface area contributed by atoms with Crippen LogP contribution in [0.25, 0.3) is 0 Å². The molecule has 0 spiro atoms. The SMILES string of the molecule is CC1CCN(S(=O)(=O)c2cccc(Cl)c2Cl)CC1CN. The summed E-state index contributed by atoms with van der Waals surface area (Å²) in [6.07, 6.45) is 0.805. The van der Waals surface area contributed by atoms with Crippen LogP contribution in [0.2, 0.25) is 10.0 Å². The molecule has 1 saturated heterocycles. The molecule has 1 aliphatic rings. The molecule has 20 heavy (non-hydrogen) atoms. The highest BCUT2D eigenvalue weighted by atomic mass is 35.5. The predicted molar refractivity (Wildman–Crippen MR) is 81.5 cm³/mol. The Morgan fingerprint density at radius 1 is 1.40 bits per heavy atom.